The van der Waals surface area contributed by atoms with E-state index in [0.717, 1.165) is 10.0 Å². The van der Waals surface area contributed by atoms with Crippen LogP contribution in [-0.4, -0.2) is 18.7 Å². The van der Waals surface area contributed by atoms with E-state index in [2.05, 4.69) is 15.9 Å². The fourth-order valence-corrected chi connectivity index (χ4v) is 2.06. The SMILES string of the molecule is C[C@H](N)c1ccc(Br)cc1OC1CCOC1=O. The zero-order valence-corrected chi connectivity index (χ0v) is 11.1. The molecule has 0 aromatic heterocycles. The Morgan fingerprint density at radius 2 is 2.35 bits per heavy atom. The quantitative estimate of drug-likeness (QED) is 0.869. The summed E-state index contributed by atoms with van der Waals surface area (Å²) in [4.78, 5) is 11.4. The highest BCUT2D eigenvalue weighted by molar-refractivity contribution is 9.10. The monoisotopic (exact) mass is 299 g/mol. The van der Waals surface area contributed by atoms with Crippen LogP contribution in [0.3, 0.4) is 0 Å². The van der Waals surface area contributed by atoms with Gasteiger partial charge in [-0.15, -0.1) is 0 Å². The zero-order chi connectivity index (χ0) is 12.4. The van der Waals surface area contributed by atoms with E-state index in [4.69, 9.17) is 15.2 Å². The fourth-order valence-electron chi connectivity index (χ4n) is 1.72. The van der Waals surface area contributed by atoms with Crippen molar-refractivity contribution >= 4 is 21.9 Å². The van der Waals surface area contributed by atoms with Crippen molar-refractivity contribution in [3.8, 4) is 5.75 Å². The number of hydrogen-bond donors (Lipinski definition) is 1. The van der Waals surface area contributed by atoms with Gasteiger partial charge in [0, 0.05) is 22.5 Å². The Bertz CT molecular complexity index is 434. The van der Waals surface area contributed by atoms with Gasteiger partial charge in [-0.1, -0.05) is 22.0 Å². The van der Waals surface area contributed by atoms with Crippen LogP contribution in [0.4, 0.5) is 0 Å². The van der Waals surface area contributed by atoms with Crippen LogP contribution in [0.15, 0.2) is 22.7 Å². The molecule has 2 rings (SSSR count). The van der Waals surface area contributed by atoms with Crippen molar-refractivity contribution < 1.29 is 14.3 Å². The molecule has 0 bridgehead atoms. The van der Waals surface area contributed by atoms with Crippen LogP contribution in [0.5, 0.6) is 5.75 Å². The third kappa shape index (κ3) is 2.79. The maximum atomic E-state index is 11.4. The number of nitrogens with two attached hydrogens (primary N) is 1. The standard InChI is InChI=1S/C12H14BrNO3/c1-7(14)9-3-2-8(13)6-11(9)17-10-4-5-16-12(10)15/h2-3,6-7,10H,4-5,14H2,1H3/t7-,10?/m0/s1. The van der Waals surface area contributed by atoms with Crippen LogP contribution in [0.1, 0.15) is 24.9 Å². The van der Waals surface area contributed by atoms with E-state index in [-0.39, 0.29) is 12.0 Å². The molecule has 1 aromatic carbocycles. The summed E-state index contributed by atoms with van der Waals surface area (Å²) in [5.74, 6) is 0.332. The molecule has 1 aliphatic heterocycles. The number of esters is 1. The molecule has 0 aliphatic carbocycles. The highest BCUT2D eigenvalue weighted by Crippen LogP contribution is 2.29. The molecule has 1 saturated heterocycles. The predicted molar refractivity (Wildman–Crippen MR) is 66.7 cm³/mol. The first-order valence-corrected chi connectivity index (χ1v) is 6.25. The summed E-state index contributed by atoms with van der Waals surface area (Å²) >= 11 is 3.37. The van der Waals surface area contributed by atoms with Crippen molar-refractivity contribution in [2.75, 3.05) is 6.61 Å². The minimum Gasteiger partial charge on any atom is -0.478 e. The number of carbonyl (C=O) groups is 1. The van der Waals surface area contributed by atoms with Crippen LogP contribution in [0.2, 0.25) is 0 Å². The van der Waals surface area contributed by atoms with Gasteiger partial charge in [-0.25, -0.2) is 4.79 Å². The van der Waals surface area contributed by atoms with Gasteiger partial charge in [0.15, 0.2) is 6.10 Å². The minimum atomic E-state index is -0.512. The Balaban J connectivity index is 2.24. The van der Waals surface area contributed by atoms with E-state index in [1.165, 1.54) is 0 Å². The van der Waals surface area contributed by atoms with Crippen molar-refractivity contribution in [3.05, 3.63) is 28.2 Å². The van der Waals surface area contributed by atoms with E-state index in [0.29, 0.717) is 18.8 Å². The molecule has 1 heterocycles. The first-order valence-electron chi connectivity index (χ1n) is 5.46. The molecule has 0 spiro atoms. The van der Waals surface area contributed by atoms with Crippen LogP contribution in [0, 0.1) is 0 Å². The first kappa shape index (κ1) is 12.4. The molecule has 1 aromatic rings. The average molecular weight is 300 g/mol. The molecule has 0 amide bonds. The summed E-state index contributed by atoms with van der Waals surface area (Å²) in [5.41, 5.74) is 6.74. The van der Waals surface area contributed by atoms with Gasteiger partial charge in [0.1, 0.15) is 5.75 Å². The summed E-state index contributed by atoms with van der Waals surface area (Å²) in [7, 11) is 0. The smallest absolute Gasteiger partial charge is 0.347 e. The van der Waals surface area contributed by atoms with Gasteiger partial charge in [0.2, 0.25) is 0 Å². The topological polar surface area (TPSA) is 61.6 Å². The second kappa shape index (κ2) is 5.06. The second-order valence-corrected chi connectivity index (χ2v) is 4.95. The maximum absolute atomic E-state index is 11.4. The van der Waals surface area contributed by atoms with Gasteiger partial charge in [0.05, 0.1) is 6.61 Å². The lowest BCUT2D eigenvalue weighted by atomic mass is 10.1. The lowest BCUT2D eigenvalue weighted by Crippen LogP contribution is -2.23. The molecule has 1 aliphatic rings. The van der Waals surface area contributed by atoms with Crippen molar-refractivity contribution in [3.63, 3.8) is 0 Å². The molecule has 1 unspecified atom stereocenters. The number of halogens is 1. The number of ether oxygens (including phenoxy) is 2. The highest BCUT2D eigenvalue weighted by atomic mass is 79.9. The van der Waals surface area contributed by atoms with Gasteiger partial charge < -0.3 is 15.2 Å². The number of rotatable bonds is 3. The Morgan fingerprint density at radius 3 is 2.94 bits per heavy atom. The van der Waals surface area contributed by atoms with Crippen LogP contribution >= 0.6 is 15.9 Å². The molecule has 5 heteroatoms. The number of hydrogen-bond acceptors (Lipinski definition) is 4. The normalized spacial score (nSPS) is 21.1. The summed E-state index contributed by atoms with van der Waals surface area (Å²) in [6.07, 6.45) is 0.0748. The van der Waals surface area contributed by atoms with E-state index < -0.39 is 6.10 Å². The molecule has 17 heavy (non-hydrogen) atoms. The van der Waals surface area contributed by atoms with Gasteiger partial charge in [0.25, 0.3) is 0 Å². The number of cyclic esters (lactones) is 1. The molecule has 2 atom stereocenters. The molecule has 2 N–H and O–H groups in total. The molecular weight excluding hydrogens is 286 g/mol. The van der Waals surface area contributed by atoms with Crippen molar-refractivity contribution in [1.29, 1.82) is 0 Å². The van der Waals surface area contributed by atoms with E-state index in [9.17, 15) is 4.79 Å². The van der Waals surface area contributed by atoms with Crippen LogP contribution in [0.25, 0.3) is 0 Å². The number of carbonyl (C=O) groups excluding carboxylic acids is 1. The largest absolute Gasteiger partial charge is 0.478 e. The van der Waals surface area contributed by atoms with E-state index in [1.807, 2.05) is 25.1 Å². The van der Waals surface area contributed by atoms with Crippen LogP contribution in [-0.2, 0) is 9.53 Å². The zero-order valence-electron chi connectivity index (χ0n) is 9.48. The Labute approximate surface area is 108 Å². The molecule has 0 saturated carbocycles. The average Bonchev–Trinajstić information content (AvgIpc) is 2.64. The Morgan fingerprint density at radius 1 is 1.59 bits per heavy atom. The van der Waals surface area contributed by atoms with Gasteiger partial charge >= 0.3 is 5.97 Å². The van der Waals surface area contributed by atoms with Gasteiger partial charge in [-0.05, 0) is 19.1 Å². The predicted octanol–water partition coefficient (Wildman–Crippen LogP) is 2.16. The fraction of sp³-hybridized carbons (Fsp3) is 0.417. The first-order chi connectivity index (χ1) is 8.08. The van der Waals surface area contributed by atoms with Gasteiger partial charge in [-0.3, -0.25) is 0 Å². The third-order valence-corrected chi connectivity index (χ3v) is 3.12. The van der Waals surface area contributed by atoms with Gasteiger partial charge in [-0.2, -0.15) is 0 Å². The third-order valence-electron chi connectivity index (χ3n) is 2.62. The molecule has 0 radical (unpaired) electrons. The van der Waals surface area contributed by atoms with Crippen LogP contribution < -0.4 is 10.5 Å². The minimum absolute atomic E-state index is 0.143. The highest BCUT2D eigenvalue weighted by Gasteiger charge is 2.29. The molecule has 1 fully saturated rings. The number of benzene rings is 1. The Kier molecular flexibility index (Phi) is 3.69. The summed E-state index contributed by atoms with van der Waals surface area (Å²) in [5, 5.41) is 0. The Hall–Kier alpha value is -1.07. The summed E-state index contributed by atoms with van der Waals surface area (Å²) < 4.78 is 11.4. The summed E-state index contributed by atoms with van der Waals surface area (Å²) in [6, 6.07) is 5.48. The molecular formula is C12H14BrNO3. The maximum Gasteiger partial charge on any atom is 0.347 e. The second-order valence-electron chi connectivity index (χ2n) is 4.03. The van der Waals surface area contributed by atoms with E-state index >= 15 is 0 Å². The molecule has 4 nitrogen and oxygen atoms in total. The van der Waals surface area contributed by atoms with Crippen molar-refractivity contribution in [2.24, 2.45) is 5.73 Å². The van der Waals surface area contributed by atoms with Crippen molar-refractivity contribution in [1.82, 2.24) is 0 Å². The summed E-state index contributed by atoms with van der Waals surface area (Å²) in [6.45, 7) is 2.30. The lowest BCUT2D eigenvalue weighted by molar-refractivity contribution is -0.143. The molecule has 92 valence electrons. The van der Waals surface area contributed by atoms with E-state index in [1.54, 1.807) is 0 Å². The van der Waals surface area contributed by atoms with Crippen molar-refractivity contribution in [2.45, 2.75) is 25.5 Å². The lowest BCUT2D eigenvalue weighted by Gasteiger charge is -2.16.